The van der Waals surface area contributed by atoms with Crippen LogP contribution < -0.4 is 5.73 Å². The van der Waals surface area contributed by atoms with Crippen molar-refractivity contribution in [2.45, 2.75) is 24.7 Å². The summed E-state index contributed by atoms with van der Waals surface area (Å²) in [6.45, 7) is 0.713. The summed E-state index contributed by atoms with van der Waals surface area (Å²) < 4.78 is 6.69. The van der Waals surface area contributed by atoms with E-state index < -0.39 is 0 Å². The van der Waals surface area contributed by atoms with Crippen LogP contribution in [0.4, 0.5) is 0 Å². The van der Waals surface area contributed by atoms with E-state index in [9.17, 15) is 0 Å². The van der Waals surface area contributed by atoms with Crippen LogP contribution in [0, 0.1) is 0 Å². The van der Waals surface area contributed by atoms with E-state index in [0.29, 0.717) is 6.54 Å². The molecule has 3 rings (SSSR count). The molecule has 2 aromatic rings. The summed E-state index contributed by atoms with van der Waals surface area (Å²) in [5.74, 6) is 0. The molecule has 0 saturated heterocycles. The fourth-order valence-corrected chi connectivity index (χ4v) is 3.04. The summed E-state index contributed by atoms with van der Waals surface area (Å²) in [6.07, 6.45) is 5.40. The second-order valence-corrected chi connectivity index (χ2v) is 5.46. The lowest BCUT2D eigenvalue weighted by Crippen LogP contribution is -2.41. The van der Waals surface area contributed by atoms with Crippen LogP contribution in [-0.2, 0) is 5.41 Å². The first-order valence-electron chi connectivity index (χ1n) is 5.63. The maximum absolute atomic E-state index is 5.95. The highest BCUT2D eigenvalue weighted by Crippen LogP contribution is 2.46. The minimum absolute atomic E-state index is 0.163. The molecule has 0 amide bonds. The summed E-state index contributed by atoms with van der Waals surface area (Å²) in [5, 5.41) is 1.15. The third kappa shape index (κ3) is 1.28. The molecule has 1 aromatic heterocycles. The van der Waals surface area contributed by atoms with E-state index in [2.05, 4.69) is 34.1 Å². The topological polar surface area (TPSA) is 39.2 Å². The molecule has 0 atom stereocenters. The quantitative estimate of drug-likeness (QED) is 0.913. The zero-order valence-electron chi connectivity index (χ0n) is 9.00. The predicted octanol–water partition coefficient (Wildman–Crippen LogP) is 3.58. The van der Waals surface area contributed by atoms with Gasteiger partial charge in [0.15, 0.2) is 0 Å². The minimum Gasteiger partial charge on any atom is -0.463 e. The van der Waals surface area contributed by atoms with E-state index in [4.69, 9.17) is 10.2 Å². The third-order valence-electron chi connectivity index (χ3n) is 3.83. The number of hydrogen-bond acceptors (Lipinski definition) is 2. The lowest BCUT2D eigenvalue weighted by molar-refractivity contribution is 0.253. The molecule has 1 aliphatic rings. The Hall–Kier alpha value is -0.800. The number of fused-ring (bicyclic) bond motifs is 1. The highest BCUT2D eigenvalue weighted by molar-refractivity contribution is 9.10. The van der Waals surface area contributed by atoms with Crippen molar-refractivity contribution in [1.82, 2.24) is 0 Å². The minimum atomic E-state index is 0.163. The van der Waals surface area contributed by atoms with Crippen molar-refractivity contribution in [2.24, 2.45) is 5.73 Å². The fraction of sp³-hybridized carbons (Fsp3) is 0.385. The molecule has 1 saturated carbocycles. The number of para-hydroxylation sites is 1. The van der Waals surface area contributed by atoms with Crippen molar-refractivity contribution in [3.05, 3.63) is 34.5 Å². The zero-order chi connectivity index (χ0) is 11.2. The Morgan fingerprint density at radius 1 is 1.38 bits per heavy atom. The van der Waals surface area contributed by atoms with Crippen molar-refractivity contribution in [3.63, 3.8) is 0 Å². The molecule has 1 aromatic carbocycles. The van der Waals surface area contributed by atoms with E-state index in [1.54, 1.807) is 6.26 Å². The molecule has 0 spiro atoms. The largest absolute Gasteiger partial charge is 0.463 e. The molecule has 2 nitrogen and oxygen atoms in total. The van der Waals surface area contributed by atoms with Gasteiger partial charge in [-0.15, -0.1) is 0 Å². The lowest BCUT2D eigenvalue weighted by atomic mass is 9.64. The van der Waals surface area contributed by atoms with E-state index in [1.165, 1.54) is 24.8 Å². The Morgan fingerprint density at radius 2 is 2.19 bits per heavy atom. The Labute approximate surface area is 103 Å². The number of rotatable bonds is 2. The first-order valence-corrected chi connectivity index (χ1v) is 6.42. The van der Waals surface area contributed by atoms with Gasteiger partial charge in [0.25, 0.3) is 0 Å². The SMILES string of the molecule is NCC1(c2cccc3c(Br)coc23)CCC1. The molecule has 0 unspecified atom stereocenters. The average molecular weight is 280 g/mol. The summed E-state index contributed by atoms with van der Waals surface area (Å²) in [6, 6.07) is 6.33. The normalized spacial score (nSPS) is 18.6. The van der Waals surface area contributed by atoms with Crippen molar-refractivity contribution in [3.8, 4) is 0 Å². The molecule has 0 radical (unpaired) electrons. The van der Waals surface area contributed by atoms with Gasteiger partial charge in [0.1, 0.15) is 11.8 Å². The third-order valence-corrected chi connectivity index (χ3v) is 4.44. The summed E-state index contributed by atoms with van der Waals surface area (Å²) >= 11 is 3.50. The van der Waals surface area contributed by atoms with Crippen molar-refractivity contribution in [2.75, 3.05) is 6.54 Å². The molecule has 0 bridgehead atoms. The Morgan fingerprint density at radius 3 is 2.81 bits per heavy atom. The smallest absolute Gasteiger partial charge is 0.138 e. The van der Waals surface area contributed by atoms with Crippen LogP contribution in [0.1, 0.15) is 24.8 Å². The highest BCUT2D eigenvalue weighted by atomic mass is 79.9. The molecule has 1 aliphatic carbocycles. The van der Waals surface area contributed by atoms with Crippen LogP contribution in [0.5, 0.6) is 0 Å². The standard InChI is InChI=1S/C13H14BrNO/c14-11-7-16-12-9(11)3-1-4-10(12)13(8-15)5-2-6-13/h1,3-4,7H,2,5-6,8,15H2. The molecule has 1 fully saturated rings. The predicted molar refractivity (Wildman–Crippen MR) is 68.5 cm³/mol. The lowest BCUT2D eigenvalue weighted by Gasteiger charge is -2.41. The molecule has 2 N–H and O–H groups in total. The van der Waals surface area contributed by atoms with Gasteiger partial charge in [-0.2, -0.15) is 0 Å². The molecule has 3 heteroatoms. The van der Waals surface area contributed by atoms with Gasteiger partial charge >= 0.3 is 0 Å². The van der Waals surface area contributed by atoms with Crippen molar-refractivity contribution < 1.29 is 4.42 Å². The van der Waals surface area contributed by atoms with Crippen LogP contribution in [0.15, 0.2) is 33.4 Å². The average Bonchev–Trinajstić information content (AvgIpc) is 2.61. The van der Waals surface area contributed by atoms with Crippen LogP contribution in [0.25, 0.3) is 11.0 Å². The Kier molecular flexibility index (Phi) is 2.33. The van der Waals surface area contributed by atoms with Crippen molar-refractivity contribution in [1.29, 1.82) is 0 Å². The van der Waals surface area contributed by atoms with Crippen LogP contribution in [-0.4, -0.2) is 6.54 Å². The van der Waals surface area contributed by atoms with Crippen LogP contribution in [0.2, 0.25) is 0 Å². The maximum Gasteiger partial charge on any atom is 0.138 e. The Bertz CT molecular complexity index is 522. The highest BCUT2D eigenvalue weighted by Gasteiger charge is 2.39. The van der Waals surface area contributed by atoms with E-state index in [-0.39, 0.29) is 5.41 Å². The second-order valence-electron chi connectivity index (χ2n) is 4.60. The van der Waals surface area contributed by atoms with Crippen LogP contribution >= 0.6 is 15.9 Å². The van der Waals surface area contributed by atoms with Crippen LogP contribution in [0.3, 0.4) is 0 Å². The maximum atomic E-state index is 5.95. The second kappa shape index (κ2) is 3.60. The molecule has 84 valence electrons. The van der Waals surface area contributed by atoms with Gasteiger partial charge in [-0.1, -0.05) is 18.6 Å². The van der Waals surface area contributed by atoms with Gasteiger partial charge in [-0.3, -0.25) is 0 Å². The number of benzene rings is 1. The van der Waals surface area contributed by atoms with Gasteiger partial charge in [0.05, 0.1) is 4.47 Å². The van der Waals surface area contributed by atoms with Gasteiger partial charge in [0.2, 0.25) is 0 Å². The fourth-order valence-electron chi connectivity index (χ4n) is 2.63. The van der Waals surface area contributed by atoms with Gasteiger partial charge < -0.3 is 10.2 Å². The van der Waals surface area contributed by atoms with Gasteiger partial charge in [-0.05, 0) is 34.8 Å². The summed E-state index contributed by atoms with van der Waals surface area (Å²) in [4.78, 5) is 0. The summed E-state index contributed by atoms with van der Waals surface area (Å²) in [7, 11) is 0. The van der Waals surface area contributed by atoms with Crippen molar-refractivity contribution >= 4 is 26.9 Å². The molecular weight excluding hydrogens is 266 g/mol. The number of hydrogen-bond donors (Lipinski definition) is 1. The van der Waals surface area contributed by atoms with Gasteiger partial charge in [0, 0.05) is 22.9 Å². The molecule has 16 heavy (non-hydrogen) atoms. The number of nitrogens with two attached hydrogens (primary N) is 1. The first kappa shape index (κ1) is 10.4. The van der Waals surface area contributed by atoms with E-state index in [1.807, 2.05) is 0 Å². The first-order chi connectivity index (χ1) is 7.77. The van der Waals surface area contributed by atoms with Gasteiger partial charge in [-0.25, -0.2) is 0 Å². The van der Waals surface area contributed by atoms with E-state index in [0.717, 1.165) is 15.4 Å². The number of halogens is 1. The van der Waals surface area contributed by atoms with E-state index >= 15 is 0 Å². The zero-order valence-corrected chi connectivity index (χ0v) is 10.6. The molecule has 0 aliphatic heterocycles. The monoisotopic (exact) mass is 279 g/mol. The number of furan rings is 1. The molecular formula is C13H14BrNO. The summed E-state index contributed by atoms with van der Waals surface area (Å²) in [5.41, 5.74) is 8.39. The molecule has 1 heterocycles. The Balaban J connectivity index is 2.23.